The van der Waals surface area contributed by atoms with Crippen molar-refractivity contribution in [1.29, 1.82) is 0 Å². The summed E-state index contributed by atoms with van der Waals surface area (Å²) in [5.74, 6) is 2.64. The first kappa shape index (κ1) is 17.8. The maximum Gasteiger partial charge on any atom is 0.230 e. The number of aromatic amines is 1. The highest BCUT2D eigenvalue weighted by Crippen LogP contribution is 2.35. The van der Waals surface area contributed by atoms with Gasteiger partial charge in [0.1, 0.15) is 5.82 Å². The summed E-state index contributed by atoms with van der Waals surface area (Å²) >= 11 is 0. The molecule has 0 spiro atoms. The predicted molar refractivity (Wildman–Crippen MR) is 110 cm³/mol. The first-order valence-corrected chi connectivity index (χ1v) is 9.80. The van der Waals surface area contributed by atoms with Crippen LogP contribution in [0.3, 0.4) is 0 Å². The number of piperidine rings is 1. The number of rotatable bonds is 4. The maximum atomic E-state index is 4.83. The van der Waals surface area contributed by atoms with Gasteiger partial charge in [0.2, 0.25) is 11.9 Å². The highest BCUT2D eigenvalue weighted by molar-refractivity contribution is 5.80. The molecule has 1 fully saturated rings. The average Bonchev–Trinajstić information content (AvgIpc) is 3.11. The molecule has 6 heteroatoms. The summed E-state index contributed by atoms with van der Waals surface area (Å²) in [6.45, 7) is 5.22. The maximum absolute atomic E-state index is 4.83. The molecule has 0 aliphatic carbocycles. The van der Waals surface area contributed by atoms with E-state index in [9.17, 15) is 0 Å². The van der Waals surface area contributed by atoms with Crippen LogP contribution < -0.4 is 9.80 Å². The van der Waals surface area contributed by atoms with Crippen LogP contribution in [0, 0.1) is 0 Å². The van der Waals surface area contributed by atoms with Crippen LogP contribution in [0.25, 0.3) is 10.9 Å². The number of H-pyrrole nitrogens is 1. The number of fused-ring (bicyclic) bond motifs is 1. The molecule has 142 valence electrons. The highest BCUT2D eigenvalue weighted by atomic mass is 15.3. The third-order valence-corrected chi connectivity index (χ3v) is 5.21. The number of anilines is 2. The summed E-state index contributed by atoms with van der Waals surface area (Å²) in [5.41, 5.74) is 2.43. The van der Waals surface area contributed by atoms with Gasteiger partial charge in [0.15, 0.2) is 0 Å². The van der Waals surface area contributed by atoms with Crippen molar-refractivity contribution in [2.75, 3.05) is 30.4 Å². The van der Waals surface area contributed by atoms with Gasteiger partial charge in [-0.15, -0.1) is 0 Å². The second-order valence-corrected chi connectivity index (χ2v) is 7.86. The van der Waals surface area contributed by atoms with Gasteiger partial charge in [0.05, 0.1) is 6.04 Å². The Kier molecular flexibility index (Phi) is 4.72. The molecule has 3 heterocycles. The van der Waals surface area contributed by atoms with E-state index in [2.05, 4.69) is 59.0 Å². The molecule has 27 heavy (non-hydrogen) atoms. The molecule has 6 nitrogen and oxygen atoms in total. The molecular formula is C21H28N6. The molecule has 2 aromatic heterocycles. The minimum Gasteiger partial charge on any atom is -0.357 e. The van der Waals surface area contributed by atoms with Crippen LogP contribution in [-0.2, 0) is 0 Å². The van der Waals surface area contributed by atoms with Gasteiger partial charge >= 0.3 is 0 Å². The molecule has 1 unspecified atom stereocenters. The second kappa shape index (κ2) is 7.18. The Morgan fingerprint density at radius 1 is 1.11 bits per heavy atom. The lowest BCUT2D eigenvalue weighted by Crippen LogP contribution is -2.35. The van der Waals surface area contributed by atoms with Crippen molar-refractivity contribution in [3.63, 3.8) is 0 Å². The van der Waals surface area contributed by atoms with Crippen LogP contribution >= 0.6 is 0 Å². The van der Waals surface area contributed by atoms with Gasteiger partial charge < -0.3 is 14.8 Å². The van der Waals surface area contributed by atoms with E-state index in [1.807, 2.05) is 19.0 Å². The first-order valence-electron chi connectivity index (χ1n) is 9.80. The van der Waals surface area contributed by atoms with Crippen LogP contribution in [-0.4, -0.2) is 40.6 Å². The van der Waals surface area contributed by atoms with E-state index < -0.39 is 0 Å². The van der Waals surface area contributed by atoms with Gasteiger partial charge in [-0.25, -0.2) is 0 Å². The predicted octanol–water partition coefficient (Wildman–Crippen LogP) is 4.27. The Balaban J connectivity index is 1.76. The molecule has 0 radical (unpaired) electrons. The molecule has 0 saturated carbocycles. The summed E-state index contributed by atoms with van der Waals surface area (Å²) in [7, 11) is 3.96. The van der Waals surface area contributed by atoms with Crippen molar-refractivity contribution in [2.45, 2.75) is 45.1 Å². The minimum atomic E-state index is 0.266. The summed E-state index contributed by atoms with van der Waals surface area (Å²) in [4.78, 5) is 22.2. The summed E-state index contributed by atoms with van der Waals surface area (Å²) in [6.07, 6.45) is 3.49. The van der Waals surface area contributed by atoms with Gasteiger partial charge in [-0.1, -0.05) is 32.0 Å². The first-order chi connectivity index (χ1) is 13.0. The van der Waals surface area contributed by atoms with Crippen molar-refractivity contribution in [3.05, 3.63) is 41.9 Å². The number of nitrogens with one attached hydrogen (secondary N) is 1. The van der Waals surface area contributed by atoms with Gasteiger partial charge in [-0.2, -0.15) is 15.0 Å². The number of hydrogen-bond acceptors (Lipinski definition) is 5. The van der Waals surface area contributed by atoms with Crippen LogP contribution in [0.5, 0.6) is 0 Å². The lowest BCUT2D eigenvalue weighted by Gasteiger charge is -2.35. The molecule has 3 aromatic rings. The molecule has 1 aromatic carbocycles. The zero-order valence-electron chi connectivity index (χ0n) is 16.6. The molecule has 1 saturated heterocycles. The monoisotopic (exact) mass is 364 g/mol. The Bertz CT molecular complexity index is 870. The fourth-order valence-corrected chi connectivity index (χ4v) is 3.73. The van der Waals surface area contributed by atoms with Crippen LogP contribution in [0.2, 0.25) is 0 Å². The quantitative estimate of drug-likeness (QED) is 0.749. The second-order valence-electron chi connectivity index (χ2n) is 7.86. The van der Waals surface area contributed by atoms with Gasteiger partial charge in [0.25, 0.3) is 0 Å². The zero-order valence-corrected chi connectivity index (χ0v) is 16.6. The van der Waals surface area contributed by atoms with E-state index in [4.69, 9.17) is 9.97 Å². The number of hydrogen-bond donors (Lipinski definition) is 1. The fraction of sp³-hybridized carbons (Fsp3) is 0.476. The molecule has 1 aliphatic heterocycles. The van der Waals surface area contributed by atoms with Gasteiger partial charge in [-0.05, 0) is 36.8 Å². The molecular weight excluding hydrogens is 336 g/mol. The molecule has 4 rings (SSSR count). The van der Waals surface area contributed by atoms with Crippen molar-refractivity contribution >= 4 is 22.8 Å². The fourth-order valence-electron chi connectivity index (χ4n) is 3.73. The smallest absolute Gasteiger partial charge is 0.230 e. The molecule has 0 bridgehead atoms. The third kappa shape index (κ3) is 3.48. The molecule has 1 atom stereocenters. The van der Waals surface area contributed by atoms with Crippen molar-refractivity contribution < 1.29 is 0 Å². The third-order valence-electron chi connectivity index (χ3n) is 5.21. The van der Waals surface area contributed by atoms with E-state index in [0.29, 0.717) is 0 Å². The summed E-state index contributed by atoms with van der Waals surface area (Å²) < 4.78 is 0. The molecule has 1 N–H and O–H groups in total. The molecule has 0 amide bonds. The number of para-hydroxylation sites is 1. The number of benzene rings is 1. The Labute approximate surface area is 160 Å². The minimum absolute atomic E-state index is 0.266. The Morgan fingerprint density at radius 2 is 1.93 bits per heavy atom. The average molecular weight is 364 g/mol. The van der Waals surface area contributed by atoms with Crippen LogP contribution in [0.15, 0.2) is 30.3 Å². The topological polar surface area (TPSA) is 60.9 Å². The van der Waals surface area contributed by atoms with Crippen molar-refractivity contribution in [2.24, 2.45) is 0 Å². The SMILES string of the molecule is CC(C)c1nc(N(C)C)nc(N2CCCCC2c2cc3ccccc3[nH]2)n1. The lowest BCUT2D eigenvalue weighted by molar-refractivity contribution is 0.458. The number of nitrogens with zero attached hydrogens (tertiary/aromatic N) is 5. The van der Waals surface area contributed by atoms with E-state index in [-0.39, 0.29) is 12.0 Å². The Hall–Kier alpha value is -2.63. The van der Waals surface area contributed by atoms with Crippen LogP contribution in [0.1, 0.15) is 56.6 Å². The highest BCUT2D eigenvalue weighted by Gasteiger charge is 2.28. The van der Waals surface area contributed by atoms with Gasteiger partial charge in [-0.3, -0.25) is 0 Å². The Morgan fingerprint density at radius 3 is 2.67 bits per heavy atom. The van der Waals surface area contributed by atoms with E-state index in [0.717, 1.165) is 37.1 Å². The molecule has 1 aliphatic rings. The normalized spacial score (nSPS) is 17.7. The standard InChI is InChI=1S/C21H28N6/c1-14(2)19-23-20(26(3)4)25-21(24-19)27-12-8-7-11-18(27)17-13-15-9-5-6-10-16(15)22-17/h5-6,9-10,13-14,18,22H,7-8,11-12H2,1-4H3. The summed E-state index contributed by atoms with van der Waals surface area (Å²) in [6, 6.07) is 11.0. The lowest BCUT2D eigenvalue weighted by atomic mass is 9.99. The van der Waals surface area contributed by atoms with Gasteiger partial charge in [0, 0.05) is 37.8 Å². The zero-order chi connectivity index (χ0) is 19.0. The van der Waals surface area contributed by atoms with Crippen molar-refractivity contribution in [1.82, 2.24) is 19.9 Å². The summed E-state index contributed by atoms with van der Waals surface area (Å²) in [5, 5.41) is 1.26. The number of aromatic nitrogens is 4. The van der Waals surface area contributed by atoms with E-state index in [1.165, 1.54) is 23.0 Å². The van der Waals surface area contributed by atoms with Crippen LogP contribution in [0.4, 0.5) is 11.9 Å². The van der Waals surface area contributed by atoms with E-state index >= 15 is 0 Å². The van der Waals surface area contributed by atoms with Crippen molar-refractivity contribution in [3.8, 4) is 0 Å². The largest absolute Gasteiger partial charge is 0.357 e. The van der Waals surface area contributed by atoms with E-state index in [1.54, 1.807) is 0 Å².